The van der Waals surface area contributed by atoms with E-state index in [4.69, 9.17) is 0 Å². The average molecular weight is 443 g/mol. The summed E-state index contributed by atoms with van der Waals surface area (Å²) in [6, 6.07) is 12.7. The number of carbonyl (C=O) groups is 1. The zero-order valence-electron chi connectivity index (χ0n) is 13.2. The molecule has 2 aromatic rings. The largest absolute Gasteiger partial charge is 0.341 e. The lowest BCUT2D eigenvalue weighted by Crippen LogP contribution is -2.29. The van der Waals surface area contributed by atoms with Gasteiger partial charge in [0.25, 0.3) is 0 Å². The molecule has 0 radical (unpaired) electrons. The molecular formula is C17H13BrF2N2O3S. The first kappa shape index (κ1) is 20.0. The van der Waals surface area contributed by atoms with Crippen molar-refractivity contribution in [3.8, 4) is 6.07 Å². The topological polar surface area (TPSA) is 87.0 Å². The first-order valence-corrected chi connectivity index (χ1v) is 9.63. The minimum Gasteiger partial charge on any atom is -0.336 e. The normalized spacial score (nSPS) is 12.4. The summed E-state index contributed by atoms with van der Waals surface area (Å²) in [7, 11) is -4.67. The molecule has 1 N–H and O–H groups in total. The molecule has 26 heavy (non-hydrogen) atoms. The molecule has 0 aliphatic carbocycles. The van der Waals surface area contributed by atoms with Crippen molar-refractivity contribution in [2.24, 2.45) is 0 Å². The number of sulfone groups is 1. The molecule has 0 spiro atoms. The summed E-state index contributed by atoms with van der Waals surface area (Å²) in [5, 5.41) is 11.8. The van der Waals surface area contributed by atoms with Crippen molar-refractivity contribution in [2.45, 2.75) is 23.1 Å². The van der Waals surface area contributed by atoms with Crippen LogP contribution in [0.4, 0.5) is 8.78 Å². The molecule has 0 aromatic heterocycles. The number of benzene rings is 2. The van der Waals surface area contributed by atoms with Crippen LogP contribution in [-0.2, 0) is 21.1 Å². The van der Waals surface area contributed by atoms with Crippen LogP contribution in [-0.4, -0.2) is 20.1 Å². The monoisotopic (exact) mass is 442 g/mol. The summed E-state index contributed by atoms with van der Waals surface area (Å²) in [6.45, 7) is 0. The Morgan fingerprint density at radius 3 is 2.38 bits per heavy atom. The SMILES string of the molecule is N#CC(NC(=O)Cc1ccc(S(=O)(=O)C(F)F)cc1)c1cccc(Br)c1. The van der Waals surface area contributed by atoms with Crippen molar-refractivity contribution in [1.82, 2.24) is 5.32 Å². The molecule has 0 heterocycles. The van der Waals surface area contributed by atoms with E-state index in [1.54, 1.807) is 24.3 Å². The summed E-state index contributed by atoms with van der Waals surface area (Å²) < 4.78 is 48.5. The fourth-order valence-electron chi connectivity index (χ4n) is 2.17. The van der Waals surface area contributed by atoms with E-state index >= 15 is 0 Å². The molecule has 2 aromatic carbocycles. The van der Waals surface area contributed by atoms with Crippen LogP contribution in [0.3, 0.4) is 0 Å². The number of alkyl halides is 2. The molecular weight excluding hydrogens is 430 g/mol. The van der Waals surface area contributed by atoms with Crippen LogP contribution in [0.2, 0.25) is 0 Å². The van der Waals surface area contributed by atoms with Crippen LogP contribution >= 0.6 is 15.9 Å². The van der Waals surface area contributed by atoms with E-state index in [-0.39, 0.29) is 6.42 Å². The van der Waals surface area contributed by atoms with Crippen molar-refractivity contribution in [2.75, 3.05) is 0 Å². The highest BCUT2D eigenvalue weighted by Crippen LogP contribution is 2.20. The lowest BCUT2D eigenvalue weighted by atomic mass is 10.1. The van der Waals surface area contributed by atoms with Crippen LogP contribution in [0.15, 0.2) is 57.9 Å². The van der Waals surface area contributed by atoms with Gasteiger partial charge in [-0.25, -0.2) is 8.42 Å². The molecule has 9 heteroatoms. The van der Waals surface area contributed by atoms with Crippen LogP contribution in [0.5, 0.6) is 0 Å². The van der Waals surface area contributed by atoms with Crippen LogP contribution < -0.4 is 5.32 Å². The third-order valence-electron chi connectivity index (χ3n) is 3.47. The predicted octanol–water partition coefficient (Wildman–Crippen LogP) is 3.37. The Morgan fingerprint density at radius 1 is 1.19 bits per heavy atom. The van der Waals surface area contributed by atoms with E-state index in [9.17, 15) is 27.3 Å². The smallest absolute Gasteiger partial charge is 0.336 e. The Labute approximate surface area is 157 Å². The molecule has 5 nitrogen and oxygen atoms in total. The number of nitrogens with one attached hydrogen (secondary N) is 1. The second kappa shape index (κ2) is 8.38. The van der Waals surface area contributed by atoms with Crippen molar-refractivity contribution in [3.05, 3.63) is 64.1 Å². The number of halogens is 3. The number of carbonyl (C=O) groups excluding carboxylic acids is 1. The summed E-state index contributed by atoms with van der Waals surface area (Å²) in [5.41, 5.74) is 1.04. The first-order valence-electron chi connectivity index (χ1n) is 7.29. The number of nitrogens with zero attached hydrogens (tertiary/aromatic N) is 1. The van der Waals surface area contributed by atoms with Crippen LogP contribution in [0.1, 0.15) is 17.2 Å². The average Bonchev–Trinajstić information content (AvgIpc) is 2.60. The minimum atomic E-state index is -4.67. The van der Waals surface area contributed by atoms with Gasteiger partial charge in [0, 0.05) is 4.47 Å². The van der Waals surface area contributed by atoms with E-state index in [0.717, 1.165) is 16.6 Å². The zero-order valence-corrected chi connectivity index (χ0v) is 15.6. The van der Waals surface area contributed by atoms with Gasteiger partial charge in [0.15, 0.2) is 0 Å². The third kappa shape index (κ3) is 4.86. The van der Waals surface area contributed by atoms with Crippen LogP contribution in [0, 0.1) is 11.3 Å². The lowest BCUT2D eigenvalue weighted by Gasteiger charge is -2.12. The van der Waals surface area contributed by atoms with Gasteiger partial charge in [-0.1, -0.05) is 40.2 Å². The lowest BCUT2D eigenvalue weighted by molar-refractivity contribution is -0.120. The summed E-state index contributed by atoms with van der Waals surface area (Å²) >= 11 is 3.29. The molecule has 1 unspecified atom stereocenters. The molecule has 136 valence electrons. The summed E-state index contributed by atoms with van der Waals surface area (Å²) in [6.07, 6.45) is -0.124. The second-order valence-electron chi connectivity index (χ2n) is 5.31. The molecule has 0 saturated heterocycles. The maximum absolute atomic E-state index is 12.5. The zero-order chi connectivity index (χ0) is 19.3. The summed E-state index contributed by atoms with van der Waals surface area (Å²) in [5.74, 6) is -3.96. The van der Waals surface area contributed by atoms with E-state index < -0.39 is 32.4 Å². The fraction of sp³-hybridized carbons (Fsp3) is 0.176. The molecule has 0 saturated carbocycles. The highest BCUT2D eigenvalue weighted by atomic mass is 79.9. The van der Waals surface area contributed by atoms with Gasteiger partial charge >= 0.3 is 5.76 Å². The van der Waals surface area contributed by atoms with Crippen LogP contribution in [0.25, 0.3) is 0 Å². The fourth-order valence-corrected chi connectivity index (χ4v) is 3.31. The number of hydrogen-bond acceptors (Lipinski definition) is 4. The molecule has 0 fully saturated rings. The maximum Gasteiger partial charge on any atom is 0.341 e. The number of amides is 1. The Balaban J connectivity index is 2.07. The van der Waals surface area contributed by atoms with E-state index in [1.165, 1.54) is 12.1 Å². The van der Waals surface area contributed by atoms with Gasteiger partial charge in [-0.05, 0) is 35.4 Å². The maximum atomic E-state index is 12.5. The molecule has 1 atom stereocenters. The second-order valence-corrected chi connectivity index (χ2v) is 8.14. The van der Waals surface area contributed by atoms with Gasteiger partial charge in [-0.3, -0.25) is 4.79 Å². The molecule has 0 aliphatic heterocycles. The quantitative estimate of drug-likeness (QED) is 0.742. The minimum absolute atomic E-state index is 0.124. The van der Waals surface area contributed by atoms with Crippen molar-refractivity contribution in [1.29, 1.82) is 5.26 Å². The standard InChI is InChI=1S/C17H13BrF2N2O3S/c18-13-3-1-2-12(9-13)15(10-21)22-16(23)8-11-4-6-14(7-5-11)26(24,25)17(19)20/h1-7,9,15,17H,8H2,(H,22,23). The molecule has 1 amide bonds. The van der Waals surface area contributed by atoms with E-state index in [2.05, 4.69) is 21.2 Å². The summed E-state index contributed by atoms with van der Waals surface area (Å²) in [4.78, 5) is 11.6. The third-order valence-corrected chi connectivity index (χ3v) is 5.36. The van der Waals surface area contributed by atoms with Crippen molar-refractivity contribution >= 4 is 31.7 Å². The first-order chi connectivity index (χ1) is 12.2. The van der Waals surface area contributed by atoms with Gasteiger partial charge < -0.3 is 5.32 Å². The van der Waals surface area contributed by atoms with E-state index in [0.29, 0.717) is 11.1 Å². The number of rotatable bonds is 6. The predicted molar refractivity (Wildman–Crippen MR) is 94.0 cm³/mol. The van der Waals surface area contributed by atoms with Crippen molar-refractivity contribution in [3.63, 3.8) is 0 Å². The van der Waals surface area contributed by atoms with Gasteiger partial charge in [0.05, 0.1) is 17.4 Å². The number of hydrogen-bond donors (Lipinski definition) is 1. The van der Waals surface area contributed by atoms with Gasteiger partial charge in [-0.15, -0.1) is 0 Å². The Morgan fingerprint density at radius 2 is 1.85 bits per heavy atom. The molecule has 0 aliphatic rings. The highest BCUT2D eigenvalue weighted by molar-refractivity contribution is 9.10. The Kier molecular flexibility index (Phi) is 6.45. The molecule has 0 bridgehead atoms. The molecule has 2 rings (SSSR count). The Bertz CT molecular complexity index is 941. The highest BCUT2D eigenvalue weighted by Gasteiger charge is 2.26. The Hall–Kier alpha value is -2.31. The van der Waals surface area contributed by atoms with Gasteiger partial charge in [0.2, 0.25) is 15.7 Å². The van der Waals surface area contributed by atoms with Gasteiger partial charge in [-0.2, -0.15) is 14.0 Å². The number of nitriles is 1. The van der Waals surface area contributed by atoms with Gasteiger partial charge in [0.1, 0.15) is 6.04 Å². The van der Waals surface area contributed by atoms with E-state index in [1.807, 2.05) is 6.07 Å². The van der Waals surface area contributed by atoms with Crippen molar-refractivity contribution < 1.29 is 22.0 Å².